The van der Waals surface area contributed by atoms with Crippen LogP contribution in [0.3, 0.4) is 0 Å². The molecule has 0 bridgehead atoms. The molecular weight excluding hydrogens is 278 g/mol. The number of benzene rings is 2. The first-order chi connectivity index (χ1) is 9.99. The van der Waals surface area contributed by atoms with Gasteiger partial charge >= 0.3 is 0 Å². The smallest absolute Gasteiger partial charge is 0.269 e. The van der Waals surface area contributed by atoms with E-state index in [1.807, 2.05) is 0 Å². The Bertz CT molecular complexity index is 575. The fraction of sp³-hybridized carbons (Fsp3) is 0.143. The summed E-state index contributed by atoms with van der Waals surface area (Å²) < 4.78 is 9.71. The van der Waals surface area contributed by atoms with E-state index in [9.17, 15) is 15.2 Å². The predicted octanol–water partition coefficient (Wildman–Crippen LogP) is 2.71. The van der Waals surface area contributed by atoms with Crippen LogP contribution in [0.25, 0.3) is 0 Å². The molecule has 0 heterocycles. The Labute approximate surface area is 121 Å². The Morgan fingerprint density at radius 3 is 1.81 bits per heavy atom. The number of aromatic hydroxyl groups is 2. The first kappa shape index (κ1) is 16.1. The number of methoxy groups -OCH3 is 2. The molecule has 112 valence electrons. The van der Waals surface area contributed by atoms with E-state index in [1.165, 1.54) is 38.5 Å². The van der Waals surface area contributed by atoms with Crippen molar-refractivity contribution in [2.24, 2.45) is 0 Å². The molecule has 21 heavy (non-hydrogen) atoms. The second-order valence-electron chi connectivity index (χ2n) is 3.78. The average Bonchev–Trinajstić information content (AvgIpc) is 2.48. The van der Waals surface area contributed by atoms with Crippen molar-refractivity contribution in [1.29, 1.82) is 0 Å². The number of hydrogen-bond acceptors (Lipinski definition) is 6. The van der Waals surface area contributed by atoms with E-state index in [2.05, 4.69) is 0 Å². The number of nitro benzene ring substituents is 1. The molecule has 0 aliphatic rings. The van der Waals surface area contributed by atoms with Gasteiger partial charge in [0.15, 0.2) is 11.5 Å². The maximum Gasteiger partial charge on any atom is 0.269 e. The van der Waals surface area contributed by atoms with Gasteiger partial charge in [0.25, 0.3) is 5.69 Å². The van der Waals surface area contributed by atoms with Crippen molar-refractivity contribution < 1.29 is 24.6 Å². The van der Waals surface area contributed by atoms with Crippen LogP contribution in [-0.4, -0.2) is 29.4 Å². The molecular formula is C14H15NO6. The molecule has 0 amide bonds. The molecule has 7 nitrogen and oxygen atoms in total. The van der Waals surface area contributed by atoms with Crippen molar-refractivity contribution >= 4 is 5.69 Å². The lowest BCUT2D eigenvalue weighted by atomic mass is 10.3. The zero-order valence-corrected chi connectivity index (χ0v) is 11.5. The van der Waals surface area contributed by atoms with Gasteiger partial charge in [-0.25, -0.2) is 0 Å². The first-order valence-electron chi connectivity index (χ1n) is 5.83. The van der Waals surface area contributed by atoms with Gasteiger partial charge in [-0.3, -0.25) is 10.1 Å². The molecule has 2 aromatic rings. The van der Waals surface area contributed by atoms with Gasteiger partial charge in [-0.05, 0) is 24.3 Å². The standard InChI is InChI=1S/C8H10O3.C6H5NO3/c1-10-6-4-3-5-7(11-2)8(6)9;8-6-3-1-5(2-4-6)7(9)10/h3-5,9H,1-2H3;1-4,8H. The largest absolute Gasteiger partial charge is 0.508 e. The van der Waals surface area contributed by atoms with Crippen molar-refractivity contribution in [3.05, 3.63) is 52.6 Å². The fourth-order valence-corrected chi connectivity index (χ4v) is 1.41. The minimum atomic E-state index is -0.514. The number of ether oxygens (including phenoxy) is 2. The number of hydrogen-bond donors (Lipinski definition) is 2. The first-order valence-corrected chi connectivity index (χ1v) is 5.83. The minimum Gasteiger partial charge on any atom is -0.508 e. The van der Waals surface area contributed by atoms with Crippen LogP contribution in [0.5, 0.6) is 23.0 Å². The van der Waals surface area contributed by atoms with Crippen LogP contribution in [0.15, 0.2) is 42.5 Å². The SMILES string of the molecule is COc1cccc(OC)c1O.O=[N+]([O-])c1ccc(O)cc1. The van der Waals surface area contributed by atoms with E-state index in [0.717, 1.165) is 0 Å². The quantitative estimate of drug-likeness (QED) is 0.666. The van der Waals surface area contributed by atoms with Crippen molar-refractivity contribution in [1.82, 2.24) is 0 Å². The molecule has 0 fully saturated rings. The molecule has 2 aromatic carbocycles. The Morgan fingerprint density at radius 1 is 0.952 bits per heavy atom. The predicted molar refractivity (Wildman–Crippen MR) is 76.0 cm³/mol. The van der Waals surface area contributed by atoms with Gasteiger partial charge < -0.3 is 19.7 Å². The minimum absolute atomic E-state index is 0.0159. The number of nitrogens with zero attached hydrogens (tertiary/aromatic N) is 1. The summed E-state index contributed by atoms with van der Waals surface area (Å²) in [6, 6.07) is 10.1. The number of rotatable bonds is 3. The molecule has 7 heteroatoms. The van der Waals surface area contributed by atoms with Crippen molar-refractivity contribution in [2.45, 2.75) is 0 Å². The van der Waals surface area contributed by atoms with E-state index < -0.39 is 4.92 Å². The van der Waals surface area contributed by atoms with Gasteiger partial charge in [-0.2, -0.15) is 0 Å². The lowest BCUT2D eigenvalue weighted by Gasteiger charge is -2.06. The highest BCUT2D eigenvalue weighted by Crippen LogP contribution is 2.34. The zero-order valence-electron chi connectivity index (χ0n) is 11.5. The Balaban J connectivity index is 0.000000211. The molecule has 2 N–H and O–H groups in total. The van der Waals surface area contributed by atoms with Gasteiger partial charge in [0.2, 0.25) is 5.75 Å². The van der Waals surface area contributed by atoms with E-state index in [0.29, 0.717) is 11.5 Å². The molecule has 2 rings (SSSR count). The van der Waals surface area contributed by atoms with Crippen molar-refractivity contribution in [3.63, 3.8) is 0 Å². The molecule has 0 unspecified atom stereocenters. The normalized spacial score (nSPS) is 9.24. The maximum absolute atomic E-state index is 10.0. The van der Waals surface area contributed by atoms with Crippen LogP contribution in [-0.2, 0) is 0 Å². The average molecular weight is 293 g/mol. The Hall–Kier alpha value is -2.96. The summed E-state index contributed by atoms with van der Waals surface area (Å²) in [6.07, 6.45) is 0. The van der Waals surface area contributed by atoms with Gasteiger partial charge in [-0.15, -0.1) is 0 Å². The number of phenols is 2. The number of nitro groups is 1. The molecule has 0 saturated carbocycles. The summed E-state index contributed by atoms with van der Waals surface area (Å²) in [5, 5.41) is 28.1. The topological polar surface area (TPSA) is 102 Å². The Kier molecular flexibility index (Phi) is 5.81. The number of para-hydroxylation sites is 1. The Morgan fingerprint density at radius 2 is 1.43 bits per heavy atom. The van der Waals surface area contributed by atoms with Gasteiger partial charge in [-0.1, -0.05) is 6.07 Å². The third-order valence-electron chi connectivity index (χ3n) is 2.46. The van der Waals surface area contributed by atoms with Crippen LogP contribution in [0.4, 0.5) is 5.69 Å². The van der Waals surface area contributed by atoms with Gasteiger partial charge in [0.1, 0.15) is 5.75 Å². The van der Waals surface area contributed by atoms with E-state index >= 15 is 0 Å². The summed E-state index contributed by atoms with van der Waals surface area (Å²) in [5.74, 6) is 0.914. The molecule has 0 aliphatic carbocycles. The fourth-order valence-electron chi connectivity index (χ4n) is 1.41. The van der Waals surface area contributed by atoms with Crippen LogP contribution in [0, 0.1) is 10.1 Å². The van der Waals surface area contributed by atoms with E-state index in [4.69, 9.17) is 14.6 Å². The van der Waals surface area contributed by atoms with Crippen molar-refractivity contribution in [2.75, 3.05) is 14.2 Å². The van der Waals surface area contributed by atoms with E-state index in [-0.39, 0.29) is 17.2 Å². The molecule has 0 aromatic heterocycles. The second kappa shape index (κ2) is 7.59. The maximum atomic E-state index is 10.0. The lowest BCUT2D eigenvalue weighted by molar-refractivity contribution is -0.384. The zero-order chi connectivity index (χ0) is 15.8. The highest BCUT2D eigenvalue weighted by molar-refractivity contribution is 5.49. The third-order valence-corrected chi connectivity index (χ3v) is 2.46. The summed E-state index contributed by atoms with van der Waals surface area (Å²) in [7, 11) is 2.99. The summed E-state index contributed by atoms with van der Waals surface area (Å²) >= 11 is 0. The van der Waals surface area contributed by atoms with Crippen molar-refractivity contribution in [3.8, 4) is 23.0 Å². The summed E-state index contributed by atoms with van der Waals surface area (Å²) in [4.78, 5) is 9.52. The summed E-state index contributed by atoms with van der Waals surface area (Å²) in [6.45, 7) is 0. The van der Waals surface area contributed by atoms with Gasteiger partial charge in [0.05, 0.1) is 19.1 Å². The summed E-state index contributed by atoms with van der Waals surface area (Å²) in [5.41, 5.74) is -0.0159. The highest BCUT2D eigenvalue weighted by Gasteiger charge is 2.05. The third kappa shape index (κ3) is 4.57. The van der Waals surface area contributed by atoms with Crippen LogP contribution >= 0.6 is 0 Å². The molecule has 0 atom stereocenters. The van der Waals surface area contributed by atoms with Crippen LogP contribution in [0.1, 0.15) is 0 Å². The second-order valence-corrected chi connectivity index (χ2v) is 3.78. The van der Waals surface area contributed by atoms with Gasteiger partial charge in [0, 0.05) is 12.1 Å². The van der Waals surface area contributed by atoms with Crippen LogP contribution < -0.4 is 9.47 Å². The lowest BCUT2D eigenvalue weighted by Crippen LogP contribution is -1.87. The number of phenolic OH excluding ortho intramolecular Hbond substituents is 2. The highest BCUT2D eigenvalue weighted by atomic mass is 16.6. The monoisotopic (exact) mass is 293 g/mol. The number of non-ortho nitro benzene ring substituents is 1. The molecule has 0 radical (unpaired) electrons. The van der Waals surface area contributed by atoms with E-state index in [1.54, 1.807) is 18.2 Å². The molecule has 0 spiro atoms. The molecule has 0 aliphatic heterocycles. The van der Waals surface area contributed by atoms with Crippen LogP contribution in [0.2, 0.25) is 0 Å². The molecule has 0 saturated heterocycles.